The van der Waals surface area contributed by atoms with Gasteiger partial charge in [0.15, 0.2) is 11.5 Å². The molecule has 1 aromatic heterocycles. The molecular weight excluding hydrogens is 320 g/mol. The van der Waals surface area contributed by atoms with Crippen LogP contribution in [0.25, 0.3) is 0 Å². The van der Waals surface area contributed by atoms with Gasteiger partial charge in [-0.25, -0.2) is 0 Å². The van der Waals surface area contributed by atoms with E-state index in [1.165, 1.54) is 10.6 Å². The SMILES string of the molecule is Cn1cc(C(=O)N2CCC[C@H]2c2ccc3c(c2)OCCO3)ccc1=O. The van der Waals surface area contributed by atoms with E-state index < -0.39 is 0 Å². The zero-order valence-electron chi connectivity index (χ0n) is 14.1. The molecule has 1 aromatic carbocycles. The predicted octanol–water partition coefficient (Wildman–Crippen LogP) is 2.13. The summed E-state index contributed by atoms with van der Waals surface area (Å²) in [6, 6.07) is 8.94. The molecule has 0 spiro atoms. The molecule has 6 heteroatoms. The summed E-state index contributed by atoms with van der Waals surface area (Å²) in [5.74, 6) is 1.45. The fourth-order valence-corrected chi connectivity index (χ4v) is 3.51. The summed E-state index contributed by atoms with van der Waals surface area (Å²) >= 11 is 0. The Kier molecular flexibility index (Phi) is 3.95. The predicted molar refractivity (Wildman–Crippen MR) is 92.1 cm³/mol. The first-order valence-electron chi connectivity index (χ1n) is 8.51. The third-order valence-corrected chi connectivity index (χ3v) is 4.80. The number of hydrogen-bond donors (Lipinski definition) is 0. The van der Waals surface area contributed by atoms with E-state index in [1.807, 2.05) is 23.1 Å². The highest BCUT2D eigenvalue weighted by atomic mass is 16.6. The van der Waals surface area contributed by atoms with Gasteiger partial charge in [0.2, 0.25) is 5.56 Å². The summed E-state index contributed by atoms with van der Waals surface area (Å²) in [4.78, 5) is 26.4. The molecule has 4 rings (SSSR count). The van der Waals surface area contributed by atoms with Crippen molar-refractivity contribution in [3.63, 3.8) is 0 Å². The molecule has 0 saturated carbocycles. The molecule has 0 radical (unpaired) electrons. The number of likely N-dealkylation sites (tertiary alicyclic amines) is 1. The Morgan fingerprint density at radius 2 is 1.92 bits per heavy atom. The average Bonchev–Trinajstić information content (AvgIpc) is 3.12. The minimum atomic E-state index is -0.124. The van der Waals surface area contributed by atoms with Crippen LogP contribution in [-0.2, 0) is 7.05 Å². The number of pyridine rings is 1. The standard InChI is InChI=1S/C19H20N2O4/c1-20-12-14(5-7-18(20)22)19(23)21-8-2-3-15(21)13-4-6-16-17(11-13)25-10-9-24-16/h4-7,11-12,15H,2-3,8-10H2,1H3/t15-/m0/s1. The second kappa shape index (κ2) is 6.27. The van der Waals surface area contributed by atoms with Gasteiger partial charge in [-0.3, -0.25) is 9.59 Å². The van der Waals surface area contributed by atoms with E-state index in [9.17, 15) is 9.59 Å². The fraction of sp³-hybridized carbons (Fsp3) is 0.368. The molecule has 2 aliphatic rings. The number of hydrogen-bond acceptors (Lipinski definition) is 4. The third kappa shape index (κ3) is 2.88. The number of aromatic nitrogens is 1. The molecule has 0 bridgehead atoms. The maximum atomic E-state index is 12.9. The fourth-order valence-electron chi connectivity index (χ4n) is 3.51. The molecule has 2 aliphatic heterocycles. The van der Waals surface area contributed by atoms with E-state index in [1.54, 1.807) is 19.3 Å². The van der Waals surface area contributed by atoms with E-state index in [-0.39, 0.29) is 17.5 Å². The highest BCUT2D eigenvalue weighted by Gasteiger charge is 2.31. The maximum Gasteiger partial charge on any atom is 0.255 e. The van der Waals surface area contributed by atoms with Crippen LogP contribution in [0.3, 0.4) is 0 Å². The highest BCUT2D eigenvalue weighted by Crippen LogP contribution is 2.38. The van der Waals surface area contributed by atoms with Crippen molar-refractivity contribution in [3.8, 4) is 11.5 Å². The number of nitrogens with zero attached hydrogens (tertiary/aromatic N) is 2. The number of carbonyl (C=O) groups excluding carboxylic acids is 1. The van der Waals surface area contributed by atoms with Crippen LogP contribution in [0.2, 0.25) is 0 Å². The monoisotopic (exact) mass is 340 g/mol. The van der Waals surface area contributed by atoms with Gasteiger partial charge in [0.05, 0.1) is 11.6 Å². The van der Waals surface area contributed by atoms with Crippen LogP contribution in [0.4, 0.5) is 0 Å². The van der Waals surface area contributed by atoms with Gasteiger partial charge < -0.3 is 18.9 Å². The number of benzene rings is 1. The largest absolute Gasteiger partial charge is 0.486 e. The second-order valence-electron chi connectivity index (χ2n) is 6.43. The van der Waals surface area contributed by atoms with Gasteiger partial charge in [-0.1, -0.05) is 6.07 Å². The lowest BCUT2D eigenvalue weighted by Crippen LogP contribution is -2.31. The van der Waals surface area contributed by atoms with Crippen molar-refractivity contribution in [3.05, 3.63) is 58.0 Å². The lowest BCUT2D eigenvalue weighted by atomic mass is 10.0. The quantitative estimate of drug-likeness (QED) is 0.840. The van der Waals surface area contributed by atoms with Gasteiger partial charge in [-0.15, -0.1) is 0 Å². The number of rotatable bonds is 2. The van der Waals surface area contributed by atoms with Gasteiger partial charge in [-0.05, 0) is 36.6 Å². The molecule has 1 amide bonds. The molecule has 1 saturated heterocycles. The Bertz CT molecular complexity index is 874. The Morgan fingerprint density at radius 3 is 2.72 bits per heavy atom. The second-order valence-corrected chi connectivity index (χ2v) is 6.43. The van der Waals surface area contributed by atoms with Crippen molar-refractivity contribution in [1.29, 1.82) is 0 Å². The molecule has 0 aliphatic carbocycles. The number of amides is 1. The zero-order chi connectivity index (χ0) is 17.4. The van der Waals surface area contributed by atoms with E-state index in [2.05, 4.69) is 0 Å². The molecular formula is C19H20N2O4. The first-order valence-corrected chi connectivity index (χ1v) is 8.51. The number of fused-ring (bicyclic) bond motifs is 1. The van der Waals surface area contributed by atoms with Crippen LogP contribution in [0.5, 0.6) is 11.5 Å². The van der Waals surface area contributed by atoms with Gasteiger partial charge in [0.25, 0.3) is 5.91 Å². The Balaban J connectivity index is 1.62. The minimum absolute atomic E-state index is 0.0144. The van der Waals surface area contributed by atoms with E-state index in [0.29, 0.717) is 25.3 Å². The summed E-state index contributed by atoms with van der Waals surface area (Å²) < 4.78 is 12.7. The molecule has 1 atom stereocenters. The van der Waals surface area contributed by atoms with Gasteiger partial charge in [0, 0.05) is 25.9 Å². The summed E-state index contributed by atoms with van der Waals surface area (Å²) in [5, 5.41) is 0. The lowest BCUT2D eigenvalue weighted by molar-refractivity contribution is 0.0734. The van der Waals surface area contributed by atoms with Gasteiger partial charge in [-0.2, -0.15) is 0 Å². The molecule has 0 N–H and O–H groups in total. The lowest BCUT2D eigenvalue weighted by Gasteiger charge is -2.27. The Morgan fingerprint density at radius 1 is 1.12 bits per heavy atom. The van der Waals surface area contributed by atoms with Crippen LogP contribution in [0, 0.1) is 0 Å². The third-order valence-electron chi connectivity index (χ3n) is 4.80. The van der Waals surface area contributed by atoms with Crippen molar-refractivity contribution in [2.75, 3.05) is 19.8 Å². The van der Waals surface area contributed by atoms with Crippen LogP contribution < -0.4 is 15.0 Å². The van der Waals surface area contributed by atoms with E-state index in [0.717, 1.165) is 29.9 Å². The van der Waals surface area contributed by atoms with Gasteiger partial charge in [0.1, 0.15) is 13.2 Å². The number of aryl methyl sites for hydroxylation is 1. The van der Waals surface area contributed by atoms with Gasteiger partial charge >= 0.3 is 0 Å². The molecule has 6 nitrogen and oxygen atoms in total. The smallest absolute Gasteiger partial charge is 0.255 e. The van der Waals surface area contributed by atoms with Crippen LogP contribution in [0.15, 0.2) is 41.3 Å². The molecule has 0 unspecified atom stereocenters. The van der Waals surface area contributed by atoms with Crippen molar-refractivity contribution < 1.29 is 14.3 Å². The number of ether oxygens (including phenoxy) is 2. The normalized spacial score (nSPS) is 19.1. The molecule has 25 heavy (non-hydrogen) atoms. The van der Waals surface area contributed by atoms with Crippen molar-refractivity contribution in [2.45, 2.75) is 18.9 Å². The molecule has 130 valence electrons. The Labute approximate surface area is 145 Å². The van der Waals surface area contributed by atoms with E-state index >= 15 is 0 Å². The van der Waals surface area contributed by atoms with Crippen LogP contribution >= 0.6 is 0 Å². The molecule has 3 heterocycles. The summed E-state index contributed by atoms with van der Waals surface area (Å²) in [6.07, 6.45) is 3.47. The van der Waals surface area contributed by atoms with Crippen molar-refractivity contribution in [1.82, 2.24) is 9.47 Å². The van der Waals surface area contributed by atoms with Crippen LogP contribution in [-0.4, -0.2) is 35.1 Å². The summed E-state index contributed by atoms with van der Waals surface area (Å²) in [5.41, 5.74) is 1.47. The molecule has 1 fully saturated rings. The topological polar surface area (TPSA) is 60.8 Å². The first kappa shape index (κ1) is 15.7. The maximum absolute atomic E-state index is 12.9. The van der Waals surface area contributed by atoms with E-state index in [4.69, 9.17) is 9.47 Å². The van der Waals surface area contributed by atoms with Crippen molar-refractivity contribution >= 4 is 5.91 Å². The summed E-state index contributed by atoms with van der Waals surface area (Å²) in [7, 11) is 1.65. The van der Waals surface area contributed by atoms with Crippen molar-refractivity contribution in [2.24, 2.45) is 7.05 Å². The first-order chi connectivity index (χ1) is 12.1. The average molecular weight is 340 g/mol. The Hall–Kier alpha value is -2.76. The zero-order valence-corrected chi connectivity index (χ0v) is 14.1. The number of carbonyl (C=O) groups is 1. The molecule has 2 aromatic rings. The highest BCUT2D eigenvalue weighted by molar-refractivity contribution is 5.94. The summed E-state index contributed by atoms with van der Waals surface area (Å²) in [6.45, 7) is 1.82. The van der Waals surface area contributed by atoms with Crippen LogP contribution in [0.1, 0.15) is 34.8 Å². The minimum Gasteiger partial charge on any atom is -0.486 e.